The first-order valence-corrected chi connectivity index (χ1v) is 8.19. The fourth-order valence-electron chi connectivity index (χ4n) is 2.92. The zero-order valence-corrected chi connectivity index (χ0v) is 13.3. The Balaban J connectivity index is 1.81. The Labute approximate surface area is 131 Å². The van der Waals surface area contributed by atoms with Crippen molar-refractivity contribution in [2.24, 2.45) is 0 Å². The highest BCUT2D eigenvalue weighted by atomic mass is 16.5. The molecule has 1 saturated heterocycles. The molecule has 6 nitrogen and oxygen atoms in total. The van der Waals surface area contributed by atoms with Crippen LogP contribution in [0.4, 0.5) is 0 Å². The van der Waals surface area contributed by atoms with Gasteiger partial charge in [-0.25, -0.2) is 9.97 Å². The maximum absolute atomic E-state index is 5.52. The molecule has 1 aliphatic heterocycles. The van der Waals surface area contributed by atoms with Gasteiger partial charge in [-0.05, 0) is 38.6 Å². The van der Waals surface area contributed by atoms with Crippen molar-refractivity contribution in [2.75, 3.05) is 39.4 Å². The summed E-state index contributed by atoms with van der Waals surface area (Å²) in [7, 11) is 0. The van der Waals surface area contributed by atoms with E-state index in [1.165, 1.54) is 6.42 Å². The van der Waals surface area contributed by atoms with Crippen LogP contribution in [-0.4, -0.2) is 58.8 Å². The number of hydrogen-bond acceptors (Lipinski definition) is 5. The molecule has 0 saturated carbocycles. The molecule has 3 rings (SSSR count). The molecular formula is C16H25N5O. The van der Waals surface area contributed by atoms with E-state index >= 15 is 0 Å². The number of imidazole rings is 1. The summed E-state index contributed by atoms with van der Waals surface area (Å²) < 4.78 is 7.73. The molecule has 1 fully saturated rings. The Morgan fingerprint density at radius 1 is 1.32 bits per heavy atom. The summed E-state index contributed by atoms with van der Waals surface area (Å²) in [6, 6.07) is 3.98. The third-order valence-electron chi connectivity index (χ3n) is 4.04. The summed E-state index contributed by atoms with van der Waals surface area (Å²) in [6.45, 7) is 9.51. The summed E-state index contributed by atoms with van der Waals surface area (Å²) in [6.07, 6.45) is 3.03. The molecule has 1 aliphatic rings. The van der Waals surface area contributed by atoms with E-state index < -0.39 is 0 Å². The van der Waals surface area contributed by atoms with Crippen LogP contribution in [0.15, 0.2) is 18.3 Å². The van der Waals surface area contributed by atoms with Gasteiger partial charge in [-0.2, -0.15) is 0 Å². The van der Waals surface area contributed by atoms with Gasteiger partial charge in [0.05, 0.1) is 13.2 Å². The standard InChI is InChI=1S/C16H25N5O/c1-2-22-12-11-21-15(13-20-9-4-6-17-8-10-20)19-14-5-3-7-18-16(14)21/h3,5,7,17H,2,4,6,8-13H2,1H3. The smallest absolute Gasteiger partial charge is 0.160 e. The van der Waals surface area contributed by atoms with Gasteiger partial charge < -0.3 is 14.6 Å². The molecule has 0 aromatic carbocycles. The van der Waals surface area contributed by atoms with Crippen LogP contribution in [0.2, 0.25) is 0 Å². The highest BCUT2D eigenvalue weighted by molar-refractivity contribution is 5.71. The maximum atomic E-state index is 5.52. The third-order valence-corrected chi connectivity index (χ3v) is 4.04. The van der Waals surface area contributed by atoms with Gasteiger partial charge in [0.25, 0.3) is 0 Å². The van der Waals surface area contributed by atoms with E-state index in [0.717, 1.165) is 62.9 Å². The average Bonchev–Trinajstić information content (AvgIpc) is 2.71. The second-order valence-corrected chi connectivity index (χ2v) is 5.60. The first-order valence-electron chi connectivity index (χ1n) is 8.19. The highest BCUT2D eigenvalue weighted by Gasteiger charge is 2.16. The molecule has 2 aromatic heterocycles. The maximum Gasteiger partial charge on any atom is 0.160 e. The van der Waals surface area contributed by atoms with Crippen LogP contribution in [0.25, 0.3) is 11.2 Å². The van der Waals surface area contributed by atoms with Crippen molar-refractivity contribution in [1.82, 2.24) is 24.8 Å². The molecule has 22 heavy (non-hydrogen) atoms. The second-order valence-electron chi connectivity index (χ2n) is 5.60. The Bertz CT molecular complexity index is 589. The van der Waals surface area contributed by atoms with Gasteiger partial charge in [-0.3, -0.25) is 4.90 Å². The molecule has 2 aromatic rings. The number of ether oxygens (including phenoxy) is 1. The largest absolute Gasteiger partial charge is 0.380 e. The van der Waals surface area contributed by atoms with Crippen molar-refractivity contribution in [3.8, 4) is 0 Å². The average molecular weight is 303 g/mol. The molecule has 3 heterocycles. The molecule has 1 N–H and O–H groups in total. The lowest BCUT2D eigenvalue weighted by molar-refractivity contribution is 0.138. The molecule has 0 aliphatic carbocycles. The van der Waals surface area contributed by atoms with Gasteiger partial charge >= 0.3 is 0 Å². The van der Waals surface area contributed by atoms with Gasteiger partial charge in [0, 0.05) is 32.4 Å². The number of nitrogens with zero attached hydrogens (tertiary/aromatic N) is 4. The first kappa shape index (κ1) is 15.4. The number of nitrogens with one attached hydrogen (secondary N) is 1. The van der Waals surface area contributed by atoms with Gasteiger partial charge in [0.1, 0.15) is 11.3 Å². The fraction of sp³-hybridized carbons (Fsp3) is 0.625. The minimum Gasteiger partial charge on any atom is -0.380 e. The third kappa shape index (κ3) is 3.63. The first-order chi connectivity index (χ1) is 10.9. The monoisotopic (exact) mass is 303 g/mol. The molecular weight excluding hydrogens is 278 g/mol. The zero-order valence-electron chi connectivity index (χ0n) is 13.3. The summed E-state index contributed by atoms with van der Waals surface area (Å²) >= 11 is 0. The Morgan fingerprint density at radius 2 is 2.27 bits per heavy atom. The van der Waals surface area contributed by atoms with Crippen molar-refractivity contribution >= 4 is 11.2 Å². The molecule has 0 atom stereocenters. The number of fused-ring (bicyclic) bond motifs is 1. The van der Waals surface area contributed by atoms with Crippen LogP contribution < -0.4 is 5.32 Å². The van der Waals surface area contributed by atoms with E-state index in [0.29, 0.717) is 6.61 Å². The summed E-state index contributed by atoms with van der Waals surface area (Å²) in [5, 5.41) is 3.44. The van der Waals surface area contributed by atoms with Crippen molar-refractivity contribution in [1.29, 1.82) is 0 Å². The lowest BCUT2D eigenvalue weighted by Gasteiger charge is -2.19. The Kier molecular flexibility index (Phi) is 5.37. The summed E-state index contributed by atoms with van der Waals surface area (Å²) in [5.41, 5.74) is 1.94. The van der Waals surface area contributed by atoms with Crippen LogP contribution in [0.3, 0.4) is 0 Å². The number of pyridine rings is 1. The fourth-order valence-corrected chi connectivity index (χ4v) is 2.92. The number of hydrogen-bond donors (Lipinski definition) is 1. The minimum atomic E-state index is 0.701. The van der Waals surface area contributed by atoms with E-state index in [1.807, 2.05) is 25.3 Å². The van der Waals surface area contributed by atoms with E-state index in [-0.39, 0.29) is 0 Å². The van der Waals surface area contributed by atoms with Crippen molar-refractivity contribution in [3.63, 3.8) is 0 Å². The van der Waals surface area contributed by atoms with Crippen molar-refractivity contribution < 1.29 is 4.74 Å². The zero-order chi connectivity index (χ0) is 15.2. The van der Waals surface area contributed by atoms with Crippen LogP contribution in [0.1, 0.15) is 19.2 Å². The molecule has 6 heteroatoms. The van der Waals surface area contributed by atoms with E-state index in [4.69, 9.17) is 9.72 Å². The van der Waals surface area contributed by atoms with Crippen LogP contribution in [0, 0.1) is 0 Å². The topological polar surface area (TPSA) is 55.2 Å². The SMILES string of the molecule is CCOCCn1c(CN2CCCNCC2)nc2cccnc21. The van der Waals surface area contributed by atoms with E-state index in [9.17, 15) is 0 Å². The summed E-state index contributed by atoms with van der Waals surface area (Å²) in [4.78, 5) is 11.8. The summed E-state index contributed by atoms with van der Waals surface area (Å²) in [5.74, 6) is 1.09. The van der Waals surface area contributed by atoms with Crippen LogP contribution in [-0.2, 0) is 17.8 Å². The molecule has 0 bridgehead atoms. The highest BCUT2D eigenvalue weighted by Crippen LogP contribution is 2.15. The lowest BCUT2D eigenvalue weighted by Crippen LogP contribution is -2.29. The van der Waals surface area contributed by atoms with Gasteiger partial charge in [0.15, 0.2) is 5.65 Å². The van der Waals surface area contributed by atoms with Gasteiger partial charge in [-0.15, -0.1) is 0 Å². The van der Waals surface area contributed by atoms with Crippen LogP contribution >= 0.6 is 0 Å². The van der Waals surface area contributed by atoms with Crippen molar-refractivity contribution in [3.05, 3.63) is 24.2 Å². The molecule has 120 valence electrons. The predicted molar refractivity (Wildman–Crippen MR) is 86.8 cm³/mol. The Hall–Kier alpha value is -1.50. The second kappa shape index (κ2) is 7.67. The molecule has 0 radical (unpaired) electrons. The van der Waals surface area contributed by atoms with Gasteiger partial charge in [-0.1, -0.05) is 0 Å². The van der Waals surface area contributed by atoms with E-state index in [1.54, 1.807) is 0 Å². The molecule has 0 amide bonds. The minimum absolute atomic E-state index is 0.701. The predicted octanol–water partition coefficient (Wildman–Crippen LogP) is 1.26. The van der Waals surface area contributed by atoms with Gasteiger partial charge in [0.2, 0.25) is 0 Å². The molecule has 0 spiro atoms. The molecule has 0 unspecified atom stereocenters. The number of aromatic nitrogens is 3. The Morgan fingerprint density at radius 3 is 3.18 bits per heavy atom. The van der Waals surface area contributed by atoms with E-state index in [2.05, 4.69) is 19.8 Å². The van der Waals surface area contributed by atoms with Crippen LogP contribution in [0.5, 0.6) is 0 Å². The van der Waals surface area contributed by atoms with Crippen molar-refractivity contribution in [2.45, 2.75) is 26.4 Å². The normalized spacial score (nSPS) is 17.0. The lowest BCUT2D eigenvalue weighted by atomic mass is 10.4. The quantitative estimate of drug-likeness (QED) is 0.814. The number of rotatable bonds is 6.